The van der Waals surface area contributed by atoms with Crippen LogP contribution in [0, 0.1) is 0 Å². The summed E-state index contributed by atoms with van der Waals surface area (Å²) in [7, 11) is 0. The van der Waals surface area contributed by atoms with E-state index >= 15 is 0 Å². The van der Waals surface area contributed by atoms with E-state index in [-0.39, 0.29) is 0 Å². The van der Waals surface area contributed by atoms with Crippen LogP contribution in [0.15, 0.2) is 24.3 Å². The van der Waals surface area contributed by atoms with Gasteiger partial charge in [0.15, 0.2) is 5.82 Å². The molecular weight excluding hydrogens is 416 g/mol. The first-order valence-electron chi connectivity index (χ1n) is 11.0. The second-order valence-corrected chi connectivity index (χ2v) is 9.74. The minimum atomic E-state index is 0.782. The Morgan fingerprint density at radius 1 is 1.07 bits per heavy atom. The van der Waals surface area contributed by atoms with E-state index in [4.69, 9.17) is 26.3 Å². The molecule has 0 unspecified atom stereocenters. The van der Waals surface area contributed by atoms with Crippen molar-refractivity contribution in [2.24, 2.45) is 0 Å². The standard InChI is InChI=1S/C23H27ClN4OS/c24-17-7-5-16(6-8-17)9-10-25-22-21-18-3-1-2-4-19(18)30-23(21)27-20(26-22)15-28-11-13-29-14-12-28/h5-8H,1-4,9-15H2,(H,25,26,27)/p+1. The molecule has 1 aromatic carbocycles. The van der Waals surface area contributed by atoms with Gasteiger partial charge in [-0.3, -0.25) is 0 Å². The second-order valence-electron chi connectivity index (χ2n) is 8.22. The highest BCUT2D eigenvalue weighted by atomic mass is 35.5. The smallest absolute Gasteiger partial charge is 0.187 e. The predicted molar refractivity (Wildman–Crippen MR) is 123 cm³/mol. The van der Waals surface area contributed by atoms with E-state index in [1.165, 1.54) is 45.6 Å². The molecule has 2 N–H and O–H groups in total. The van der Waals surface area contributed by atoms with Gasteiger partial charge in [0.05, 0.1) is 18.6 Å². The van der Waals surface area contributed by atoms with Crippen molar-refractivity contribution in [2.45, 2.75) is 38.6 Å². The number of nitrogens with one attached hydrogen (secondary N) is 2. The Morgan fingerprint density at radius 2 is 1.87 bits per heavy atom. The Bertz CT molecular complexity index is 1010. The summed E-state index contributed by atoms with van der Waals surface area (Å²) in [5.41, 5.74) is 2.77. The molecule has 0 atom stereocenters. The summed E-state index contributed by atoms with van der Waals surface area (Å²) < 4.78 is 5.51. The molecule has 1 fully saturated rings. The van der Waals surface area contributed by atoms with Crippen LogP contribution in [0.4, 0.5) is 5.82 Å². The fourth-order valence-corrected chi connectivity index (χ4v) is 5.85. The minimum absolute atomic E-state index is 0.782. The number of fused-ring (bicyclic) bond motifs is 3. The number of morpholine rings is 1. The lowest BCUT2D eigenvalue weighted by Gasteiger charge is -2.23. The Hall–Kier alpha value is -1.73. The summed E-state index contributed by atoms with van der Waals surface area (Å²) in [5.74, 6) is 1.98. The molecule has 1 aliphatic carbocycles. The second kappa shape index (κ2) is 9.18. The maximum atomic E-state index is 6.02. The average molecular weight is 444 g/mol. The zero-order valence-corrected chi connectivity index (χ0v) is 18.7. The number of thiophene rings is 1. The van der Waals surface area contributed by atoms with Crippen LogP contribution in [0.3, 0.4) is 0 Å². The van der Waals surface area contributed by atoms with Crippen LogP contribution in [0.1, 0.15) is 34.7 Å². The molecule has 5 nitrogen and oxygen atoms in total. The van der Waals surface area contributed by atoms with Gasteiger partial charge in [-0.15, -0.1) is 11.3 Å². The summed E-state index contributed by atoms with van der Waals surface area (Å²) in [6.45, 7) is 5.44. The fraction of sp³-hybridized carbons (Fsp3) is 0.478. The highest BCUT2D eigenvalue weighted by Gasteiger charge is 2.23. The largest absolute Gasteiger partial charge is 0.370 e. The molecule has 5 rings (SSSR count). The molecule has 7 heteroatoms. The molecule has 1 saturated heterocycles. The summed E-state index contributed by atoms with van der Waals surface area (Å²) in [6, 6.07) is 8.11. The summed E-state index contributed by atoms with van der Waals surface area (Å²) in [5, 5.41) is 5.71. The number of halogens is 1. The van der Waals surface area contributed by atoms with Crippen molar-refractivity contribution in [2.75, 3.05) is 38.2 Å². The van der Waals surface area contributed by atoms with E-state index in [9.17, 15) is 0 Å². The first-order valence-corrected chi connectivity index (χ1v) is 12.2. The van der Waals surface area contributed by atoms with Gasteiger partial charge < -0.3 is 15.0 Å². The summed E-state index contributed by atoms with van der Waals surface area (Å²) in [6.07, 6.45) is 5.84. The van der Waals surface area contributed by atoms with Gasteiger partial charge in [-0.1, -0.05) is 23.7 Å². The first-order chi connectivity index (χ1) is 14.8. The van der Waals surface area contributed by atoms with Gasteiger partial charge in [0.1, 0.15) is 30.3 Å². The molecule has 158 valence electrons. The van der Waals surface area contributed by atoms with Crippen molar-refractivity contribution >= 4 is 39.0 Å². The van der Waals surface area contributed by atoms with E-state index in [0.29, 0.717) is 0 Å². The van der Waals surface area contributed by atoms with Crippen molar-refractivity contribution in [1.29, 1.82) is 0 Å². The molecule has 3 aromatic rings. The van der Waals surface area contributed by atoms with E-state index in [1.54, 1.807) is 0 Å². The Morgan fingerprint density at radius 3 is 2.70 bits per heavy atom. The average Bonchev–Trinajstić information content (AvgIpc) is 3.14. The third-order valence-electron chi connectivity index (χ3n) is 6.09. The quantitative estimate of drug-likeness (QED) is 0.613. The van der Waals surface area contributed by atoms with Gasteiger partial charge in [0.25, 0.3) is 0 Å². The SMILES string of the molecule is Clc1ccc(CCNc2nc(C[NH+]3CCOCC3)nc3sc4c(c23)CCCC4)cc1. The van der Waals surface area contributed by atoms with Crippen LogP contribution in [-0.2, 0) is 30.5 Å². The van der Waals surface area contributed by atoms with Gasteiger partial charge in [-0.25, -0.2) is 9.97 Å². The number of aromatic nitrogens is 2. The van der Waals surface area contributed by atoms with Crippen LogP contribution in [0.25, 0.3) is 10.2 Å². The van der Waals surface area contributed by atoms with E-state index in [0.717, 1.165) is 73.7 Å². The van der Waals surface area contributed by atoms with E-state index in [2.05, 4.69) is 17.4 Å². The van der Waals surface area contributed by atoms with Crippen LogP contribution in [-0.4, -0.2) is 42.8 Å². The normalized spacial score (nSPS) is 17.2. The van der Waals surface area contributed by atoms with Crippen LogP contribution >= 0.6 is 22.9 Å². The number of ether oxygens (including phenoxy) is 1. The third kappa shape index (κ3) is 4.47. The van der Waals surface area contributed by atoms with Crippen molar-refractivity contribution in [3.63, 3.8) is 0 Å². The Kier molecular flexibility index (Phi) is 6.18. The fourth-order valence-electron chi connectivity index (χ4n) is 4.45. The lowest BCUT2D eigenvalue weighted by Crippen LogP contribution is -3.12. The molecule has 2 aliphatic rings. The Labute approximate surface area is 186 Å². The number of nitrogens with zero attached hydrogens (tertiary/aromatic N) is 2. The number of hydrogen-bond acceptors (Lipinski definition) is 5. The molecule has 0 bridgehead atoms. The lowest BCUT2D eigenvalue weighted by molar-refractivity contribution is -0.922. The molecule has 0 amide bonds. The third-order valence-corrected chi connectivity index (χ3v) is 7.53. The van der Waals surface area contributed by atoms with E-state index < -0.39 is 0 Å². The molecule has 1 aliphatic heterocycles. The van der Waals surface area contributed by atoms with Crippen LogP contribution in [0.2, 0.25) is 5.02 Å². The number of rotatable bonds is 6. The van der Waals surface area contributed by atoms with Gasteiger partial charge in [0.2, 0.25) is 0 Å². The lowest BCUT2D eigenvalue weighted by atomic mass is 9.97. The van der Waals surface area contributed by atoms with Crippen molar-refractivity contribution in [3.8, 4) is 0 Å². The maximum absolute atomic E-state index is 6.02. The van der Waals surface area contributed by atoms with Crippen molar-refractivity contribution in [3.05, 3.63) is 51.1 Å². The zero-order chi connectivity index (χ0) is 20.3. The molecule has 0 radical (unpaired) electrons. The predicted octanol–water partition coefficient (Wildman–Crippen LogP) is 3.29. The molecule has 0 saturated carbocycles. The highest BCUT2D eigenvalue weighted by Crippen LogP contribution is 2.38. The maximum Gasteiger partial charge on any atom is 0.187 e. The number of aryl methyl sites for hydroxylation is 2. The number of quaternary nitrogens is 1. The topological polar surface area (TPSA) is 51.5 Å². The molecule has 0 spiro atoms. The zero-order valence-electron chi connectivity index (χ0n) is 17.2. The number of hydrogen-bond donors (Lipinski definition) is 2. The van der Waals surface area contributed by atoms with Gasteiger partial charge >= 0.3 is 0 Å². The monoisotopic (exact) mass is 443 g/mol. The number of anilines is 1. The van der Waals surface area contributed by atoms with Gasteiger partial charge in [-0.2, -0.15) is 0 Å². The van der Waals surface area contributed by atoms with Crippen LogP contribution < -0.4 is 10.2 Å². The van der Waals surface area contributed by atoms with E-state index in [1.807, 2.05) is 23.5 Å². The Balaban J connectivity index is 1.41. The highest BCUT2D eigenvalue weighted by molar-refractivity contribution is 7.19. The van der Waals surface area contributed by atoms with Crippen LogP contribution in [0.5, 0.6) is 0 Å². The van der Waals surface area contributed by atoms with Gasteiger partial charge in [0, 0.05) is 16.4 Å². The summed E-state index contributed by atoms with van der Waals surface area (Å²) >= 11 is 7.90. The summed E-state index contributed by atoms with van der Waals surface area (Å²) in [4.78, 5) is 14.2. The molecular formula is C23H28ClN4OS+. The van der Waals surface area contributed by atoms with Crippen molar-refractivity contribution < 1.29 is 9.64 Å². The minimum Gasteiger partial charge on any atom is -0.370 e. The van der Waals surface area contributed by atoms with Crippen molar-refractivity contribution in [1.82, 2.24) is 9.97 Å². The molecule has 2 aromatic heterocycles. The molecule has 3 heterocycles. The first kappa shape index (κ1) is 20.2. The molecule has 30 heavy (non-hydrogen) atoms. The van der Waals surface area contributed by atoms with Gasteiger partial charge in [-0.05, 0) is 55.4 Å². The number of benzene rings is 1.